The Morgan fingerprint density at radius 2 is 1.41 bits per heavy atom. The molecular formula is C20H29N5O3S. The number of anilines is 1. The SMILES string of the molecule is Cc1c(C)c(C)c(S(=O)(=O)NCCC(=O)NCCNc2ncccn2)c(C)c1C. The first-order chi connectivity index (χ1) is 13.6. The van der Waals surface area contributed by atoms with Gasteiger partial charge in [0.05, 0.1) is 4.90 Å². The van der Waals surface area contributed by atoms with Crippen LogP contribution >= 0.6 is 0 Å². The Kier molecular flexibility index (Phi) is 7.69. The molecule has 8 nitrogen and oxygen atoms in total. The molecule has 0 aliphatic carbocycles. The average molecular weight is 420 g/mol. The van der Waals surface area contributed by atoms with Crippen molar-refractivity contribution in [2.75, 3.05) is 25.0 Å². The zero-order valence-electron chi connectivity index (χ0n) is 17.6. The Bertz CT molecular complexity index is 946. The molecule has 0 aliphatic heterocycles. The van der Waals surface area contributed by atoms with E-state index in [1.807, 2.05) is 34.6 Å². The van der Waals surface area contributed by atoms with Crippen LogP contribution in [0.5, 0.6) is 0 Å². The number of nitrogens with one attached hydrogen (secondary N) is 3. The normalized spacial score (nSPS) is 11.3. The molecule has 0 bridgehead atoms. The Morgan fingerprint density at radius 3 is 2.00 bits per heavy atom. The van der Waals surface area contributed by atoms with Crippen molar-refractivity contribution >= 4 is 21.9 Å². The van der Waals surface area contributed by atoms with Gasteiger partial charge in [-0.15, -0.1) is 0 Å². The van der Waals surface area contributed by atoms with Crippen LogP contribution in [0, 0.1) is 34.6 Å². The summed E-state index contributed by atoms with van der Waals surface area (Å²) in [6, 6.07) is 1.72. The van der Waals surface area contributed by atoms with Gasteiger partial charge in [0, 0.05) is 38.4 Å². The number of nitrogens with zero attached hydrogens (tertiary/aromatic N) is 2. The minimum absolute atomic E-state index is 0.0360. The number of carbonyl (C=O) groups excluding carboxylic acids is 1. The molecule has 0 aliphatic rings. The molecular weight excluding hydrogens is 390 g/mol. The maximum Gasteiger partial charge on any atom is 0.241 e. The van der Waals surface area contributed by atoms with Crippen LogP contribution in [0.1, 0.15) is 34.2 Å². The van der Waals surface area contributed by atoms with Crippen molar-refractivity contribution in [3.63, 3.8) is 0 Å². The Balaban J connectivity index is 1.86. The van der Waals surface area contributed by atoms with Gasteiger partial charge < -0.3 is 10.6 Å². The summed E-state index contributed by atoms with van der Waals surface area (Å²) in [5, 5.41) is 5.72. The number of carbonyl (C=O) groups is 1. The lowest BCUT2D eigenvalue weighted by Gasteiger charge is -2.19. The van der Waals surface area contributed by atoms with Gasteiger partial charge in [0.15, 0.2) is 0 Å². The van der Waals surface area contributed by atoms with E-state index in [1.54, 1.807) is 18.5 Å². The third-order valence-corrected chi connectivity index (χ3v) is 6.87. The Labute approximate surface area is 172 Å². The van der Waals surface area contributed by atoms with Crippen molar-refractivity contribution in [1.82, 2.24) is 20.0 Å². The van der Waals surface area contributed by atoms with Crippen molar-refractivity contribution < 1.29 is 13.2 Å². The van der Waals surface area contributed by atoms with Gasteiger partial charge in [-0.3, -0.25) is 4.79 Å². The van der Waals surface area contributed by atoms with Gasteiger partial charge in [-0.2, -0.15) is 0 Å². The molecule has 0 saturated carbocycles. The van der Waals surface area contributed by atoms with E-state index < -0.39 is 10.0 Å². The minimum atomic E-state index is -3.70. The van der Waals surface area contributed by atoms with E-state index in [1.165, 1.54) is 0 Å². The quantitative estimate of drug-likeness (QED) is 0.535. The molecule has 1 aromatic carbocycles. The van der Waals surface area contributed by atoms with Crippen molar-refractivity contribution in [3.8, 4) is 0 Å². The topological polar surface area (TPSA) is 113 Å². The zero-order valence-corrected chi connectivity index (χ0v) is 18.4. The smallest absolute Gasteiger partial charge is 0.241 e. The number of hydrogen-bond donors (Lipinski definition) is 3. The van der Waals surface area contributed by atoms with Crippen LogP contribution in [0.15, 0.2) is 23.4 Å². The lowest BCUT2D eigenvalue weighted by molar-refractivity contribution is -0.120. The minimum Gasteiger partial charge on any atom is -0.354 e. The fraction of sp³-hybridized carbons (Fsp3) is 0.450. The standard InChI is InChI=1S/C20H29N5O3S/c1-13-14(2)16(4)19(17(5)15(13)3)29(27,28)25-10-7-18(26)21-11-12-24-20-22-8-6-9-23-20/h6,8-9,25H,7,10-12H2,1-5H3,(H,21,26)(H,22,23,24). The van der Waals surface area contributed by atoms with Gasteiger partial charge in [0.1, 0.15) is 0 Å². The highest BCUT2D eigenvalue weighted by molar-refractivity contribution is 7.89. The Morgan fingerprint density at radius 1 is 0.862 bits per heavy atom. The molecule has 0 radical (unpaired) electrons. The molecule has 9 heteroatoms. The number of amides is 1. The monoisotopic (exact) mass is 419 g/mol. The van der Waals surface area contributed by atoms with Gasteiger partial charge in [-0.25, -0.2) is 23.1 Å². The summed E-state index contributed by atoms with van der Waals surface area (Å²) in [6.45, 7) is 10.4. The van der Waals surface area contributed by atoms with E-state index >= 15 is 0 Å². The number of sulfonamides is 1. The highest BCUT2D eigenvalue weighted by atomic mass is 32.2. The van der Waals surface area contributed by atoms with Gasteiger partial charge in [-0.05, 0) is 68.5 Å². The number of benzene rings is 1. The number of hydrogen-bond acceptors (Lipinski definition) is 6. The fourth-order valence-corrected chi connectivity index (χ4v) is 4.72. The van der Waals surface area contributed by atoms with E-state index in [9.17, 15) is 13.2 Å². The molecule has 0 saturated heterocycles. The van der Waals surface area contributed by atoms with Crippen LogP contribution in [-0.4, -0.2) is 43.9 Å². The molecule has 158 valence electrons. The van der Waals surface area contributed by atoms with E-state index in [0.29, 0.717) is 23.9 Å². The van der Waals surface area contributed by atoms with E-state index in [2.05, 4.69) is 25.3 Å². The first-order valence-electron chi connectivity index (χ1n) is 9.49. The van der Waals surface area contributed by atoms with Gasteiger partial charge in [0.2, 0.25) is 21.9 Å². The van der Waals surface area contributed by atoms with E-state index in [-0.39, 0.29) is 18.9 Å². The van der Waals surface area contributed by atoms with E-state index in [4.69, 9.17) is 0 Å². The van der Waals surface area contributed by atoms with Gasteiger partial charge in [0.25, 0.3) is 0 Å². The first-order valence-corrected chi connectivity index (χ1v) is 11.0. The van der Waals surface area contributed by atoms with Crippen LogP contribution in [-0.2, 0) is 14.8 Å². The molecule has 2 rings (SSSR count). The lowest BCUT2D eigenvalue weighted by Crippen LogP contribution is -2.33. The predicted octanol–water partition coefficient (Wildman–Crippen LogP) is 1.92. The van der Waals surface area contributed by atoms with Crippen LogP contribution in [0.2, 0.25) is 0 Å². The molecule has 0 unspecified atom stereocenters. The van der Waals surface area contributed by atoms with Crippen LogP contribution in [0.4, 0.5) is 5.95 Å². The maximum atomic E-state index is 12.8. The van der Waals surface area contributed by atoms with Crippen molar-refractivity contribution in [3.05, 3.63) is 46.3 Å². The third kappa shape index (κ3) is 5.74. The van der Waals surface area contributed by atoms with E-state index in [0.717, 1.165) is 27.8 Å². The van der Waals surface area contributed by atoms with Gasteiger partial charge in [-0.1, -0.05) is 0 Å². The third-order valence-electron chi connectivity index (χ3n) is 5.14. The molecule has 2 aromatic rings. The second-order valence-corrected chi connectivity index (χ2v) is 8.65. The Hall–Kier alpha value is -2.52. The average Bonchev–Trinajstić information content (AvgIpc) is 2.69. The molecule has 1 aromatic heterocycles. The largest absolute Gasteiger partial charge is 0.354 e. The van der Waals surface area contributed by atoms with Crippen LogP contribution in [0.3, 0.4) is 0 Å². The van der Waals surface area contributed by atoms with Crippen LogP contribution in [0.25, 0.3) is 0 Å². The summed E-state index contributed by atoms with van der Waals surface area (Å²) in [6.07, 6.45) is 3.31. The molecule has 3 N–H and O–H groups in total. The number of rotatable bonds is 9. The summed E-state index contributed by atoms with van der Waals surface area (Å²) >= 11 is 0. The second kappa shape index (κ2) is 9.80. The molecule has 29 heavy (non-hydrogen) atoms. The summed E-state index contributed by atoms with van der Waals surface area (Å²) in [7, 11) is -3.70. The second-order valence-electron chi connectivity index (χ2n) is 6.95. The maximum absolute atomic E-state index is 12.8. The predicted molar refractivity (Wildman–Crippen MR) is 113 cm³/mol. The zero-order chi connectivity index (χ0) is 21.6. The fourth-order valence-electron chi connectivity index (χ4n) is 3.09. The number of aromatic nitrogens is 2. The van der Waals surface area contributed by atoms with Crippen molar-refractivity contribution in [1.29, 1.82) is 0 Å². The first kappa shape index (κ1) is 22.8. The van der Waals surface area contributed by atoms with Crippen molar-refractivity contribution in [2.24, 2.45) is 0 Å². The highest BCUT2D eigenvalue weighted by Crippen LogP contribution is 2.29. The lowest BCUT2D eigenvalue weighted by atomic mass is 9.95. The highest BCUT2D eigenvalue weighted by Gasteiger charge is 2.23. The molecule has 1 amide bonds. The summed E-state index contributed by atoms with van der Waals surface area (Å²) in [4.78, 5) is 20.3. The molecule has 0 fully saturated rings. The summed E-state index contributed by atoms with van der Waals surface area (Å²) in [5.41, 5.74) is 4.54. The van der Waals surface area contributed by atoms with Gasteiger partial charge >= 0.3 is 0 Å². The van der Waals surface area contributed by atoms with Crippen molar-refractivity contribution in [2.45, 2.75) is 45.9 Å². The summed E-state index contributed by atoms with van der Waals surface area (Å²) in [5.74, 6) is 0.261. The molecule has 0 spiro atoms. The molecule has 0 atom stereocenters. The summed E-state index contributed by atoms with van der Waals surface area (Å²) < 4.78 is 28.2. The van der Waals surface area contributed by atoms with Crippen LogP contribution < -0.4 is 15.4 Å². The molecule has 1 heterocycles.